The van der Waals surface area contributed by atoms with Crippen molar-refractivity contribution in [3.05, 3.63) is 75.4 Å². The number of carbonyl (C=O) groups is 1. The summed E-state index contributed by atoms with van der Waals surface area (Å²) in [6.45, 7) is 2.25. The number of H-pyrrole nitrogens is 1. The van der Waals surface area contributed by atoms with E-state index in [2.05, 4.69) is 31.2 Å². The van der Waals surface area contributed by atoms with Gasteiger partial charge in [0, 0.05) is 22.8 Å². The van der Waals surface area contributed by atoms with Gasteiger partial charge in [-0.3, -0.25) is 14.2 Å². The topological polar surface area (TPSA) is 79.8 Å². The predicted molar refractivity (Wildman–Crippen MR) is 125 cm³/mol. The van der Waals surface area contributed by atoms with E-state index in [0.29, 0.717) is 27.2 Å². The molecule has 158 valence electrons. The quantitative estimate of drug-likeness (QED) is 0.287. The van der Waals surface area contributed by atoms with Gasteiger partial charge in [-0.05, 0) is 30.7 Å². The molecule has 2 heterocycles. The van der Waals surface area contributed by atoms with Crippen LogP contribution in [0.15, 0.2) is 69.2 Å². The van der Waals surface area contributed by atoms with Crippen LogP contribution in [0.25, 0.3) is 22.2 Å². The molecule has 0 atom stereocenters. The number of carbonyl (C=O) groups excluding carboxylic acids is 1. The molecule has 2 aromatic carbocycles. The zero-order valence-corrected chi connectivity index (χ0v) is 18.9. The number of thioether (sulfide) groups is 1. The summed E-state index contributed by atoms with van der Waals surface area (Å²) >= 11 is 4.32. The molecular weight excluding hydrogens is 483 g/mol. The number of halogens is 2. The van der Waals surface area contributed by atoms with Crippen molar-refractivity contribution in [3.8, 4) is 11.1 Å². The second kappa shape index (κ2) is 9.07. The average Bonchev–Trinajstić information content (AvgIpc) is 3.19. The number of hydrogen-bond donors (Lipinski definition) is 2. The van der Waals surface area contributed by atoms with Crippen LogP contribution in [0.2, 0.25) is 0 Å². The van der Waals surface area contributed by atoms with Crippen LogP contribution in [0.1, 0.15) is 6.92 Å². The van der Waals surface area contributed by atoms with Gasteiger partial charge >= 0.3 is 0 Å². The number of nitrogens with zero attached hydrogens (tertiary/aromatic N) is 2. The number of anilines is 1. The third-order valence-electron chi connectivity index (χ3n) is 4.69. The molecule has 0 unspecified atom stereocenters. The van der Waals surface area contributed by atoms with Gasteiger partial charge in [0.1, 0.15) is 16.9 Å². The van der Waals surface area contributed by atoms with Crippen LogP contribution < -0.4 is 10.9 Å². The van der Waals surface area contributed by atoms with Crippen molar-refractivity contribution in [2.45, 2.75) is 18.6 Å². The Bertz CT molecular complexity index is 1320. The molecular formula is C22H18BrFN4O2S. The molecule has 0 radical (unpaired) electrons. The first-order chi connectivity index (χ1) is 15.0. The highest BCUT2D eigenvalue weighted by atomic mass is 79.9. The summed E-state index contributed by atoms with van der Waals surface area (Å²) < 4.78 is 16.1. The minimum absolute atomic E-state index is 0.0153. The third kappa shape index (κ3) is 4.42. The number of rotatable bonds is 6. The first-order valence-corrected chi connectivity index (χ1v) is 11.3. The molecule has 4 rings (SSSR count). The highest BCUT2D eigenvalue weighted by Crippen LogP contribution is 2.28. The van der Waals surface area contributed by atoms with Crippen molar-refractivity contribution < 1.29 is 9.18 Å². The number of hydrogen-bond acceptors (Lipinski definition) is 4. The van der Waals surface area contributed by atoms with Crippen molar-refractivity contribution in [1.82, 2.24) is 14.5 Å². The first kappa shape index (κ1) is 21.3. The lowest BCUT2D eigenvalue weighted by Crippen LogP contribution is -2.23. The summed E-state index contributed by atoms with van der Waals surface area (Å²) in [6.07, 6.45) is 1.77. The Morgan fingerprint density at radius 2 is 2.03 bits per heavy atom. The van der Waals surface area contributed by atoms with Gasteiger partial charge in [0.25, 0.3) is 5.56 Å². The molecule has 0 aliphatic carbocycles. The Morgan fingerprint density at radius 1 is 1.26 bits per heavy atom. The lowest BCUT2D eigenvalue weighted by Gasteiger charge is -2.11. The zero-order chi connectivity index (χ0) is 22.0. The second-order valence-corrected chi connectivity index (χ2v) is 8.55. The zero-order valence-electron chi connectivity index (χ0n) is 16.5. The summed E-state index contributed by atoms with van der Waals surface area (Å²) in [5.74, 6) is -0.934. The molecule has 0 aliphatic rings. The van der Waals surface area contributed by atoms with E-state index in [-0.39, 0.29) is 22.9 Å². The molecule has 2 aromatic heterocycles. The summed E-state index contributed by atoms with van der Waals surface area (Å²) in [6, 6.07) is 14.1. The molecule has 0 spiro atoms. The minimum Gasteiger partial charge on any atom is -0.355 e. The molecule has 0 bridgehead atoms. The van der Waals surface area contributed by atoms with Crippen LogP contribution in [-0.4, -0.2) is 26.2 Å². The number of benzene rings is 2. The molecule has 9 heteroatoms. The standard InChI is InChI=1S/C22H18BrFN4O2S/c1-2-28-21(30)20-19(15(11-25-20)13-6-4-3-5-7-13)27-22(28)31-12-18(29)26-17-9-8-14(23)10-16(17)24/h3-11,25H,2,12H2,1H3,(H,26,29). The van der Waals surface area contributed by atoms with Crippen molar-refractivity contribution in [1.29, 1.82) is 0 Å². The van der Waals surface area contributed by atoms with Crippen molar-refractivity contribution in [3.63, 3.8) is 0 Å². The molecule has 2 N–H and O–H groups in total. The maximum absolute atomic E-state index is 14.0. The van der Waals surface area contributed by atoms with Gasteiger partial charge in [-0.1, -0.05) is 58.0 Å². The van der Waals surface area contributed by atoms with Crippen molar-refractivity contribution >= 4 is 50.3 Å². The van der Waals surface area contributed by atoms with Crippen LogP contribution in [0, 0.1) is 5.82 Å². The maximum Gasteiger partial charge on any atom is 0.278 e. The summed E-state index contributed by atoms with van der Waals surface area (Å²) in [5, 5.41) is 2.99. The summed E-state index contributed by atoms with van der Waals surface area (Å²) in [5.41, 5.74) is 2.64. The van der Waals surface area contributed by atoms with E-state index in [0.717, 1.165) is 22.9 Å². The fraction of sp³-hybridized carbons (Fsp3) is 0.136. The van der Waals surface area contributed by atoms with Crippen LogP contribution in [0.5, 0.6) is 0 Å². The van der Waals surface area contributed by atoms with Crippen LogP contribution in [0.4, 0.5) is 10.1 Å². The van der Waals surface area contributed by atoms with E-state index in [4.69, 9.17) is 0 Å². The summed E-state index contributed by atoms with van der Waals surface area (Å²) in [4.78, 5) is 33.1. The fourth-order valence-electron chi connectivity index (χ4n) is 3.21. The Morgan fingerprint density at radius 3 is 2.74 bits per heavy atom. The normalized spacial score (nSPS) is 11.1. The van der Waals surface area contributed by atoms with Gasteiger partial charge in [0.05, 0.1) is 11.4 Å². The highest BCUT2D eigenvalue weighted by Gasteiger charge is 2.17. The van der Waals surface area contributed by atoms with E-state index < -0.39 is 5.82 Å². The molecule has 0 saturated heterocycles. The van der Waals surface area contributed by atoms with Crippen LogP contribution in [-0.2, 0) is 11.3 Å². The smallest absolute Gasteiger partial charge is 0.278 e. The monoisotopic (exact) mass is 500 g/mol. The van der Waals surface area contributed by atoms with Crippen molar-refractivity contribution in [2.75, 3.05) is 11.1 Å². The van der Waals surface area contributed by atoms with E-state index >= 15 is 0 Å². The molecule has 6 nitrogen and oxygen atoms in total. The van der Waals surface area contributed by atoms with E-state index in [9.17, 15) is 14.0 Å². The van der Waals surface area contributed by atoms with Crippen molar-refractivity contribution in [2.24, 2.45) is 0 Å². The second-order valence-electron chi connectivity index (χ2n) is 6.70. The largest absolute Gasteiger partial charge is 0.355 e. The Balaban J connectivity index is 1.62. The first-order valence-electron chi connectivity index (χ1n) is 9.53. The predicted octanol–water partition coefficient (Wildman–Crippen LogP) is 5.04. The average molecular weight is 501 g/mol. The fourth-order valence-corrected chi connectivity index (χ4v) is 4.40. The molecule has 4 aromatic rings. The number of fused-ring (bicyclic) bond motifs is 1. The maximum atomic E-state index is 14.0. The van der Waals surface area contributed by atoms with Crippen LogP contribution >= 0.6 is 27.7 Å². The summed E-state index contributed by atoms with van der Waals surface area (Å²) in [7, 11) is 0. The third-order valence-corrected chi connectivity index (χ3v) is 6.16. The highest BCUT2D eigenvalue weighted by molar-refractivity contribution is 9.10. The molecule has 1 amide bonds. The van der Waals surface area contributed by atoms with Gasteiger partial charge < -0.3 is 10.3 Å². The van der Waals surface area contributed by atoms with E-state index in [1.807, 2.05) is 37.3 Å². The number of nitrogens with one attached hydrogen (secondary N) is 2. The molecule has 0 aliphatic heterocycles. The molecule has 0 saturated carbocycles. The van der Waals surface area contributed by atoms with E-state index in [1.165, 1.54) is 16.7 Å². The van der Waals surface area contributed by atoms with Gasteiger partial charge in [-0.15, -0.1) is 0 Å². The van der Waals surface area contributed by atoms with Gasteiger partial charge in [-0.25, -0.2) is 9.37 Å². The van der Waals surface area contributed by atoms with Gasteiger partial charge in [0.2, 0.25) is 5.91 Å². The number of amides is 1. The molecule has 31 heavy (non-hydrogen) atoms. The Labute approximate surface area is 190 Å². The lowest BCUT2D eigenvalue weighted by molar-refractivity contribution is -0.113. The lowest BCUT2D eigenvalue weighted by atomic mass is 10.1. The van der Waals surface area contributed by atoms with E-state index in [1.54, 1.807) is 12.3 Å². The van der Waals surface area contributed by atoms with Gasteiger partial charge in [0.15, 0.2) is 5.16 Å². The van der Waals surface area contributed by atoms with Gasteiger partial charge in [-0.2, -0.15) is 0 Å². The minimum atomic E-state index is -0.530. The SMILES string of the molecule is CCn1c(SCC(=O)Nc2ccc(Br)cc2F)nc2c(-c3ccccc3)c[nH]c2c1=O. The number of aromatic amines is 1. The number of aromatic nitrogens is 3. The Hall–Kier alpha value is -2.91. The molecule has 0 fully saturated rings. The van der Waals surface area contributed by atoms with Crippen LogP contribution in [0.3, 0.4) is 0 Å². The Kier molecular flexibility index (Phi) is 6.24.